The average molecular weight is 321 g/mol. The maximum atomic E-state index is 5.99. The third-order valence-corrected chi connectivity index (χ3v) is 4.89. The molecular formula is C20H23N3O. The van der Waals surface area contributed by atoms with Crippen molar-refractivity contribution in [1.29, 1.82) is 0 Å². The maximum Gasteiger partial charge on any atom is 0.0713 e. The van der Waals surface area contributed by atoms with Crippen molar-refractivity contribution >= 4 is 21.8 Å². The van der Waals surface area contributed by atoms with Crippen molar-refractivity contribution in [3.05, 3.63) is 54.1 Å². The lowest BCUT2D eigenvalue weighted by Crippen LogP contribution is -2.40. The average Bonchev–Trinajstić information content (AvgIpc) is 2.65. The molecule has 4 heteroatoms. The fourth-order valence-corrected chi connectivity index (χ4v) is 3.79. The lowest BCUT2D eigenvalue weighted by atomic mass is 9.93. The monoisotopic (exact) mass is 321 g/mol. The molecule has 1 saturated heterocycles. The summed E-state index contributed by atoms with van der Waals surface area (Å²) in [5, 5.41) is 2.47. The SMILES string of the molecule is NCCC(c1c2ccccc2nc2ccccc12)N1CCOCC1. The van der Waals surface area contributed by atoms with Crippen LogP contribution in [-0.2, 0) is 4.74 Å². The Bertz CT molecular complexity index is 789. The molecule has 0 spiro atoms. The van der Waals surface area contributed by atoms with Crippen LogP contribution in [0, 0.1) is 0 Å². The van der Waals surface area contributed by atoms with Gasteiger partial charge in [-0.25, -0.2) is 4.98 Å². The summed E-state index contributed by atoms with van der Waals surface area (Å²) in [4.78, 5) is 7.37. The molecule has 1 aliphatic rings. The molecule has 0 saturated carbocycles. The second kappa shape index (κ2) is 6.85. The smallest absolute Gasteiger partial charge is 0.0713 e. The predicted octanol–water partition coefficient (Wildman–Crippen LogP) is 3.11. The topological polar surface area (TPSA) is 51.4 Å². The molecule has 4 rings (SSSR count). The summed E-state index contributed by atoms with van der Waals surface area (Å²) in [5.74, 6) is 0. The number of nitrogens with two attached hydrogens (primary N) is 1. The van der Waals surface area contributed by atoms with Crippen molar-refractivity contribution in [2.45, 2.75) is 12.5 Å². The van der Waals surface area contributed by atoms with E-state index in [4.69, 9.17) is 15.5 Å². The van der Waals surface area contributed by atoms with Crippen molar-refractivity contribution in [2.24, 2.45) is 5.73 Å². The van der Waals surface area contributed by atoms with Crippen LogP contribution in [-0.4, -0.2) is 42.7 Å². The molecule has 0 amide bonds. The van der Waals surface area contributed by atoms with Gasteiger partial charge in [-0.05, 0) is 30.7 Å². The van der Waals surface area contributed by atoms with Crippen LogP contribution < -0.4 is 5.73 Å². The summed E-state index contributed by atoms with van der Waals surface area (Å²) in [6, 6.07) is 17.2. The molecule has 3 aromatic rings. The normalized spacial score (nSPS) is 17.4. The quantitative estimate of drug-likeness (QED) is 0.750. The number of nitrogens with zero attached hydrogens (tertiary/aromatic N) is 2. The highest BCUT2D eigenvalue weighted by atomic mass is 16.5. The molecule has 2 N–H and O–H groups in total. The van der Waals surface area contributed by atoms with Crippen molar-refractivity contribution in [3.63, 3.8) is 0 Å². The first-order valence-electron chi connectivity index (χ1n) is 8.68. The van der Waals surface area contributed by atoms with Crippen LogP contribution in [0.3, 0.4) is 0 Å². The zero-order valence-corrected chi connectivity index (χ0v) is 13.8. The zero-order valence-electron chi connectivity index (χ0n) is 13.8. The van der Waals surface area contributed by atoms with E-state index in [1.807, 2.05) is 0 Å². The van der Waals surface area contributed by atoms with Gasteiger partial charge in [-0.15, -0.1) is 0 Å². The summed E-state index contributed by atoms with van der Waals surface area (Å²) in [7, 11) is 0. The van der Waals surface area contributed by atoms with Gasteiger partial charge in [0.2, 0.25) is 0 Å². The Morgan fingerprint density at radius 3 is 2.12 bits per heavy atom. The Balaban J connectivity index is 1.96. The van der Waals surface area contributed by atoms with E-state index < -0.39 is 0 Å². The number of pyridine rings is 1. The largest absolute Gasteiger partial charge is 0.379 e. The number of aromatic nitrogens is 1. The first kappa shape index (κ1) is 15.5. The van der Waals surface area contributed by atoms with Gasteiger partial charge in [0, 0.05) is 29.9 Å². The molecule has 1 aromatic heterocycles. The Kier molecular flexibility index (Phi) is 4.43. The van der Waals surface area contributed by atoms with Gasteiger partial charge in [0.25, 0.3) is 0 Å². The highest BCUT2D eigenvalue weighted by Gasteiger charge is 2.25. The fraction of sp³-hybridized carbons (Fsp3) is 0.350. The van der Waals surface area contributed by atoms with E-state index in [0.717, 1.165) is 43.8 Å². The first-order chi connectivity index (χ1) is 11.9. The van der Waals surface area contributed by atoms with Crippen molar-refractivity contribution in [2.75, 3.05) is 32.8 Å². The second-order valence-electron chi connectivity index (χ2n) is 6.30. The van der Waals surface area contributed by atoms with E-state index in [0.29, 0.717) is 12.6 Å². The van der Waals surface area contributed by atoms with Crippen molar-refractivity contribution in [3.8, 4) is 0 Å². The van der Waals surface area contributed by atoms with Crippen LogP contribution >= 0.6 is 0 Å². The highest BCUT2D eigenvalue weighted by molar-refractivity contribution is 5.97. The van der Waals surface area contributed by atoms with E-state index in [9.17, 15) is 0 Å². The molecule has 2 aromatic carbocycles. The molecule has 2 heterocycles. The van der Waals surface area contributed by atoms with Crippen LogP contribution in [0.5, 0.6) is 0 Å². The Morgan fingerprint density at radius 2 is 1.54 bits per heavy atom. The van der Waals surface area contributed by atoms with E-state index in [1.165, 1.54) is 16.3 Å². The minimum absolute atomic E-state index is 0.302. The van der Waals surface area contributed by atoms with Gasteiger partial charge in [0.1, 0.15) is 0 Å². The Hall–Kier alpha value is -2.01. The number of ether oxygens (including phenoxy) is 1. The van der Waals surface area contributed by atoms with Crippen molar-refractivity contribution < 1.29 is 4.74 Å². The number of rotatable bonds is 4. The molecule has 1 fully saturated rings. The van der Waals surface area contributed by atoms with Crippen LogP contribution in [0.15, 0.2) is 48.5 Å². The van der Waals surface area contributed by atoms with Crippen LogP contribution in [0.25, 0.3) is 21.8 Å². The number of para-hydroxylation sites is 2. The zero-order chi connectivity index (χ0) is 16.4. The summed E-state index contributed by atoms with van der Waals surface area (Å²) < 4.78 is 5.55. The predicted molar refractivity (Wildman–Crippen MR) is 98.1 cm³/mol. The van der Waals surface area contributed by atoms with Gasteiger partial charge >= 0.3 is 0 Å². The maximum absolute atomic E-state index is 5.99. The van der Waals surface area contributed by atoms with E-state index in [2.05, 4.69) is 53.4 Å². The Labute approximate surface area is 142 Å². The Morgan fingerprint density at radius 1 is 0.958 bits per heavy atom. The minimum Gasteiger partial charge on any atom is -0.379 e. The number of fused-ring (bicyclic) bond motifs is 2. The van der Waals surface area contributed by atoms with Gasteiger partial charge in [0.05, 0.1) is 24.2 Å². The number of hydrogen-bond donors (Lipinski definition) is 1. The number of hydrogen-bond acceptors (Lipinski definition) is 4. The van der Waals surface area contributed by atoms with Gasteiger partial charge in [-0.2, -0.15) is 0 Å². The molecule has 24 heavy (non-hydrogen) atoms. The van der Waals surface area contributed by atoms with E-state index in [1.54, 1.807) is 0 Å². The fourth-order valence-electron chi connectivity index (χ4n) is 3.79. The summed E-state index contributed by atoms with van der Waals surface area (Å²) in [6.45, 7) is 4.17. The van der Waals surface area contributed by atoms with Crippen LogP contribution in [0.2, 0.25) is 0 Å². The third kappa shape index (κ3) is 2.77. The number of morpholine rings is 1. The van der Waals surface area contributed by atoms with E-state index in [-0.39, 0.29) is 0 Å². The van der Waals surface area contributed by atoms with Gasteiger partial charge in [-0.1, -0.05) is 36.4 Å². The standard InChI is InChI=1S/C20H23N3O/c21-10-9-19(23-11-13-24-14-12-23)20-15-5-1-3-7-17(15)22-18-8-4-2-6-16(18)20/h1-8,19H,9-14,21H2. The molecule has 1 unspecified atom stereocenters. The minimum atomic E-state index is 0.302. The van der Waals surface area contributed by atoms with Gasteiger partial charge in [0.15, 0.2) is 0 Å². The van der Waals surface area contributed by atoms with Gasteiger partial charge < -0.3 is 10.5 Å². The van der Waals surface area contributed by atoms with Crippen LogP contribution in [0.1, 0.15) is 18.0 Å². The molecule has 0 aliphatic carbocycles. The first-order valence-corrected chi connectivity index (χ1v) is 8.68. The lowest BCUT2D eigenvalue weighted by molar-refractivity contribution is 0.0153. The molecule has 1 atom stereocenters. The molecular weight excluding hydrogens is 298 g/mol. The molecule has 0 bridgehead atoms. The molecule has 0 radical (unpaired) electrons. The van der Waals surface area contributed by atoms with E-state index >= 15 is 0 Å². The summed E-state index contributed by atoms with van der Waals surface area (Å²) in [5.41, 5.74) is 9.47. The summed E-state index contributed by atoms with van der Waals surface area (Å²) in [6.07, 6.45) is 0.942. The third-order valence-electron chi connectivity index (χ3n) is 4.89. The van der Waals surface area contributed by atoms with Crippen molar-refractivity contribution in [1.82, 2.24) is 9.88 Å². The highest BCUT2D eigenvalue weighted by Crippen LogP contribution is 2.35. The molecule has 1 aliphatic heterocycles. The molecule has 4 nitrogen and oxygen atoms in total. The second-order valence-corrected chi connectivity index (χ2v) is 6.30. The molecule has 124 valence electrons. The number of benzene rings is 2. The lowest BCUT2D eigenvalue weighted by Gasteiger charge is -2.35. The van der Waals surface area contributed by atoms with Crippen LogP contribution in [0.4, 0.5) is 0 Å². The summed E-state index contributed by atoms with van der Waals surface area (Å²) >= 11 is 0. The van der Waals surface area contributed by atoms with Gasteiger partial charge in [-0.3, -0.25) is 4.90 Å².